The second kappa shape index (κ2) is 6.40. The number of nitrogens with two attached hydrogens (primary N) is 1. The lowest BCUT2D eigenvalue weighted by Crippen LogP contribution is -2.47. The second-order valence-electron chi connectivity index (χ2n) is 5.03. The molecule has 20 heavy (non-hydrogen) atoms. The van der Waals surface area contributed by atoms with Crippen LogP contribution >= 0.6 is 0 Å². The fraction of sp³-hybridized carbons (Fsp3) is 0.467. The van der Waals surface area contributed by atoms with Crippen LogP contribution in [0.1, 0.15) is 30.4 Å². The van der Waals surface area contributed by atoms with Crippen LogP contribution in [0.5, 0.6) is 5.75 Å². The first-order valence-corrected chi connectivity index (χ1v) is 6.76. The number of likely N-dealkylation sites (tertiary alicyclic amines) is 1. The number of ether oxygens (including phenoxy) is 1. The van der Waals surface area contributed by atoms with Crippen molar-refractivity contribution in [2.75, 3.05) is 13.7 Å². The van der Waals surface area contributed by atoms with Gasteiger partial charge in [0.1, 0.15) is 11.8 Å². The molecule has 1 aliphatic heterocycles. The molecule has 1 aliphatic rings. The number of carbonyl (C=O) groups excluding carboxylic acids is 1. The van der Waals surface area contributed by atoms with E-state index in [1.807, 2.05) is 12.1 Å². The molecule has 1 heterocycles. The molecule has 0 radical (unpaired) electrons. The van der Waals surface area contributed by atoms with Crippen LogP contribution in [-0.2, 0) is 11.3 Å². The van der Waals surface area contributed by atoms with E-state index in [9.17, 15) is 4.79 Å². The molecular formula is C15H19N3O2. The highest BCUT2D eigenvalue weighted by molar-refractivity contribution is 5.79. The van der Waals surface area contributed by atoms with Crippen LogP contribution in [0.4, 0.5) is 0 Å². The molecule has 0 saturated carbocycles. The van der Waals surface area contributed by atoms with Gasteiger partial charge in [0, 0.05) is 6.54 Å². The van der Waals surface area contributed by atoms with Crippen molar-refractivity contribution in [3.8, 4) is 11.8 Å². The predicted octanol–water partition coefficient (Wildman–Crippen LogP) is 1.41. The smallest absolute Gasteiger partial charge is 0.234 e. The minimum atomic E-state index is -0.265. The summed E-state index contributed by atoms with van der Waals surface area (Å²) in [4.78, 5) is 13.6. The zero-order chi connectivity index (χ0) is 14.5. The van der Waals surface area contributed by atoms with Gasteiger partial charge in [-0.05, 0) is 37.1 Å². The maximum atomic E-state index is 11.5. The molecule has 1 unspecified atom stereocenters. The zero-order valence-electron chi connectivity index (χ0n) is 11.6. The van der Waals surface area contributed by atoms with Crippen molar-refractivity contribution in [1.29, 1.82) is 5.26 Å². The molecule has 1 aromatic rings. The summed E-state index contributed by atoms with van der Waals surface area (Å²) in [5.41, 5.74) is 6.97. The third-order valence-electron chi connectivity index (χ3n) is 3.71. The quantitative estimate of drug-likeness (QED) is 0.899. The minimum Gasteiger partial charge on any atom is -0.495 e. The number of rotatable bonds is 4. The summed E-state index contributed by atoms with van der Waals surface area (Å²) in [5, 5.41) is 9.10. The van der Waals surface area contributed by atoms with Gasteiger partial charge in [0.25, 0.3) is 0 Å². The van der Waals surface area contributed by atoms with E-state index in [0.29, 0.717) is 17.9 Å². The number of piperidine rings is 1. The van der Waals surface area contributed by atoms with Gasteiger partial charge < -0.3 is 10.5 Å². The SMILES string of the molecule is COc1ccc(CN2CCCCC2C(N)=O)cc1C#N. The average molecular weight is 273 g/mol. The highest BCUT2D eigenvalue weighted by atomic mass is 16.5. The third-order valence-corrected chi connectivity index (χ3v) is 3.71. The van der Waals surface area contributed by atoms with Gasteiger partial charge in [0.2, 0.25) is 5.91 Å². The molecule has 106 valence electrons. The number of nitriles is 1. The van der Waals surface area contributed by atoms with Gasteiger partial charge >= 0.3 is 0 Å². The number of hydrogen-bond acceptors (Lipinski definition) is 4. The number of benzene rings is 1. The largest absolute Gasteiger partial charge is 0.495 e. The summed E-state index contributed by atoms with van der Waals surface area (Å²) in [5.74, 6) is 0.306. The summed E-state index contributed by atoms with van der Waals surface area (Å²) in [7, 11) is 1.55. The molecule has 1 atom stereocenters. The molecule has 0 bridgehead atoms. The van der Waals surface area contributed by atoms with Gasteiger partial charge in [0.05, 0.1) is 18.7 Å². The van der Waals surface area contributed by atoms with Crippen molar-refractivity contribution in [2.24, 2.45) is 5.73 Å². The van der Waals surface area contributed by atoms with E-state index in [2.05, 4.69) is 11.0 Å². The van der Waals surface area contributed by atoms with Gasteiger partial charge in [-0.1, -0.05) is 12.5 Å². The molecule has 1 saturated heterocycles. The van der Waals surface area contributed by atoms with E-state index in [1.165, 1.54) is 0 Å². The lowest BCUT2D eigenvalue weighted by atomic mass is 10.00. The monoisotopic (exact) mass is 273 g/mol. The Morgan fingerprint density at radius 2 is 2.35 bits per heavy atom. The third kappa shape index (κ3) is 3.09. The fourth-order valence-electron chi connectivity index (χ4n) is 2.68. The first kappa shape index (κ1) is 14.4. The Balaban J connectivity index is 2.16. The van der Waals surface area contributed by atoms with Crippen LogP contribution in [0, 0.1) is 11.3 Å². The number of hydrogen-bond donors (Lipinski definition) is 1. The van der Waals surface area contributed by atoms with E-state index in [1.54, 1.807) is 13.2 Å². The number of primary amides is 1. The molecule has 0 spiro atoms. The molecule has 0 aromatic heterocycles. The number of nitrogens with zero attached hydrogens (tertiary/aromatic N) is 2. The summed E-state index contributed by atoms with van der Waals surface area (Å²) < 4.78 is 5.13. The Labute approximate surface area is 118 Å². The van der Waals surface area contributed by atoms with Crippen LogP contribution in [0.25, 0.3) is 0 Å². The molecule has 2 N–H and O–H groups in total. The van der Waals surface area contributed by atoms with Crippen molar-refractivity contribution in [3.63, 3.8) is 0 Å². The molecule has 5 heteroatoms. The topological polar surface area (TPSA) is 79.3 Å². The van der Waals surface area contributed by atoms with Crippen LogP contribution in [0.15, 0.2) is 18.2 Å². The zero-order valence-corrected chi connectivity index (χ0v) is 11.6. The fourth-order valence-corrected chi connectivity index (χ4v) is 2.68. The van der Waals surface area contributed by atoms with E-state index in [-0.39, 0.29) is 11.9 Å². The molecule has 1 fully saturated rings. The van der Waals surface area contributed by atoms with Gasteiger partial charge in [0.15, 0.2) is 0 Å². The lowest BCUT2D eigenvalue weighted by molar-refractivity contribution is -0.124. The first-order valence-electron chi connectivity index (χ1n) is 6.76. The van der Waals surface area contributed by atoms with Crippen molar-refractivity contribution < 1.29 is 9.53 Å². The summed E-state index contributed by atoms with van der Waals surface area (Å²) in [6.07, 6.45) is 2.93. The minimum absolute atomic E-state index is 0.198. The standard InChI is InChI=1S/C15H19N3O2/c1-20-14-6-5-11(8-12(14)9-16)10-18-7-3-2-4-13(18)15(17)19/h5-6,8,13H,2-4,7,10H2,1H3,(H2,17,19). The lowest BCUT2D eigenvalue weighted by Gasteiger charge is -2.33. The summed E-state index contributed by atoms with van der Waals surface area (Å²) >= 11 is 0. The Morgan fingerprint density at radius 1 is 1.55 bits per heavy atom. The van der Waals surface area contributed by atoms with Crippen molar-refractivity contribution in [3.05, 3.63) is 29.3 Å². The van der Waals surface area contributed by atoms with E-state index >= 15 is 0 Å². The molecule has 1 amide bonds. The summed E-state index contributed by atoms with van der Waals surface area (Å²) in [6.45, 7) is 1.49. The van der Waals surface area contributed by atoms with E-state index in [4.69, 9.17) is 15.7 Å². The van der Waals surface area contributed by atoms with E-state index in [0.717, 1.165) is 31.4 Å². The number of amides is 1. The van der Waals surface area contributed by atoms with Crippen LogP contribution in [0.2, 0.25) is 0 Å². The average Bonchev–Trinajstić information content (AvgIpc) is 2.47. The molecule has 2 rings (SSSR count). The Kier molecular flexibility index (Phi) is 4.59. The van der Waals surface area contributed by atoms with Crippen LogP contribution in [-0.4, -0.2) is 30.5 Å². The van der Waals surface area contributed by atoms with Crippen molar-refractivity contribution in [1.82, 2.24) is 4.90 Å². The Hall–Kier alpha value is -2.06. The van der Waals surface area contributed by atoms with Crippen molar-refractivity contribution in [2.45, 2.75) is 31.8 Å². The van der Waals surface area contributed by atoms with Gasteiger partial charge in [-0.3, -0.25) is 9.69 Å². The first-order chi connectivity index (χ1) is 9.65. The predicted molar refractivity (Wildman–Crippen MR) is 75.0 cm³/mol. The molecule has 0 aliphatic carbocycles. The highest BCUT2D eigenvalue weighted by Crippen LogP contribution is 2.23. The Bertz CT molecular complexity index is 536. The normalized spacial score (nSPS) is 19.3. The molecular weight excluding hydrogens is 254 g/mol. The maximum absolute atomic E-state index is 11.5. The second-order valence-corrected chi connectivity index (χ2v) is 5.03. The van der Waals surface area contributed by atoms with Crippen LogP contribution < -0.4 is 10.5 Å². The Morgan fingerprint density at radius 3 is 3.00 bits per heavy atom. The van der Waals surface area contributed by atoms with Gasteiger partial charge in [-0.25, -0.2) is 0 Å². The van der Waals surface area contributed by atoms with Crippen molar-refractivity contribution >= 4 is 5.91 Å². The van der Waals surface area contributed by atoms with Gasteiger partial charge in [-0.15, -0.1) is 0 Å². The van der Waals surface area contributed by atoms with Crippen LogP contribution in [0.3, 0.4) is 0 Å². The highest BCUT2D eigenvalue weighted by Gasteiger charge is 2.26. The molecule has 1 aromatic carbocycles. The number of carbonyl (C=O) groups is 1. The number of methoxy groups -OCH3 is 1. The molecule has 5 nitrogen and oxygen atoms in total. The van der Waals surface area contributed by atoms with Gasteiger partial charge in [-0.2, -0.15) is 5.26 Å². The summed E-state index contributed by atoms with van der Waals surface area (Å²) in [6, 6.07) is 7.45. The maximum Gasteiger partial charge on any atom is 0.234 e. The van der Waals surface area contributed by atoms with E-state index < -0.39 is 0 Å².